The summed E-state index contributed by atoms with van der Waals surface area (Å²) in [5, 5.41) is 2.90. The number of nitrogens with one attached hydrogen (secondary N) is 1. The average Bonchev–Trinajstić information content (AvgIpc) is 2.45. The van der Waals surface area contributed by atoms with Gasteiger partial charge in [0.15, 0.2) is 5.82 Å². The summed E-state index contributed by atoms with van der Waals surface area (Å²) in [6.45, 7) is 3.10. The molecule has 0 amide bonds. The van der Waals surface area contributed by atoms with Gasteiger partial charge in [-0.2, -0.15) is 0 Å². The van der Waals surface area contributed by atoms with Crippen LogP contribution in [0.5, 0.6) is 5.75 Å². The first-order valence-electron chi connectivity index (χ1n) is 6.70. The highest BCUT2D eigenvalue weighted by atomic mass is 35.5. The fraction of sp³-hybridized carbons (Fsp3) is 0.250. The van der Waals surface area contributed by atoms with Crippen LogP contribution in [0.1, 0.15) is 18.9 Å². The molecular formula is C16H16ClF2NO. The molecule has 112 valence electrons. The lowest BCUT2D eigenvalue weighted by molar-refractivity contribution is 0.317. The molecule has 0 heterocycles. The molecule has 0 unspecified atom stereocenters. The summed E-state index contributed by atoms with van der Waals surface area (Å²) in [5.41, 5.74) is 1.04. The molecule has 2 nitrogen and oxygen atoms in total. The van der Waals surface area contributed by atoms with Crippen molar-refractivity contribution in [3.05, 3.63) is 58.6 Å². The Bertz CT molecular complexity index is 579. The van der Waals surface area contributed by atoms with Gasteiger partial charge in [0.2, 0.25) is 0 Å². The molecule has 0 saturated carbocycles. The SMILES string of the molecule is CCCOc1ccc(CNc2c(F)cc(F)cc2Cl)cc1. The molecule has 0 fully saturated rings. The Labute approximate surface area is 127 Å². The summed E-state index contributed by atoms with van der Waals surface area (Å²) < 4.78 is 32.0. The second kappa shape index (κ2) is 7.27. The van der Waals surface area contributed by atoms with E-state index in [9.17, 15) is 8.78 Å². The van der Waals surface area contributed by atoms with E-state index >= 15 is 0 Å². The first-order valence-corrected chi connectivity index (χ1v) is 7.08. The zero-order chi connectivity index (χ0) is 15.2. The molecule has 2 rings (SSSR count). The van der Waals surface area contributed by atoms with Gasteiger partial charge in [0.25, 0.3) is 0 Å². The van der Waals surface area contributed by atoms with Crippen LogP contribution in [0, 0.1) is 11.6 Å². The molecule has 0 aliphatic heterocycles. The zero-order valence-corrected chi connectivity index (χ0v) is 12.4. The molecular weight excluding hydrogens is 296 g/mol. The fourth-order valence-corrected chi connectivity index (χ4v) is 2.09. The fourth-order valence-electron chi connectivity index (χ4n) is 1.82. The standard InChI is InChI=1S/C16H16ClF2NO/c1-2-7-21-13-5-3-11(4-6-13)10-20-16-14(17)8-12(18)9-15(16)19/h3-6,8-9,20H,2,7,10H2,1H3. The third-order valence-electron chi connectivity index (χ3n) is 2.87. The summed E-state index contributed by atoms with van der Waals surface area (Å²) in [4.78, 5) is 0. The van der Waals surface area contributed by atoms with Gasteiger partial charge in [-0.15, -0.1) is 0 Å². The van der Waals surface area contributed by atoms with Crippen LogP contribution in [0.25, 0.3) is 0 Å². The van der Waals surface area contributed by atoms with Crippen LogP contribution in [-0.2, 0) is 6.54 Å². The summed E-state index contributed by atoms with van der Waals surface area (Å²) in [6, 6.07) is 9.36. The average molecular weight is 312 g/mol. The third kappa shape index (κ3) is 4.33. The zero-order valence-electron chi connectivity index (χ0n) is 11.6. The number of hydrogen-bond acceptors (Lipinski definition) is 2. The minimum Gasteiger partial charge on any atom is -0.494 e. The van der Waals surface area contributed by atoms with Crippen LogP contribution in [0.15, 0.2) is 36.4 Å². The van der Waals surface area contributed by atoms with Crippen LogP contribution in [0.2, 0.25) is 5.02 Å². The van der Waals surface area contributed by atoms with Crippen molar-refractivity contribution in [1.29, 1.82) is 0 Å². The Morgan fingerprint density at radius 2 is 1.86 bits per heavy atom. The maximum absolute atomic E-state index is 13.6. The third-order valence-corrected chi connectivity index (χ3v) is 3.17. The highest BCUT2D eigenvalue weighted by molar-refractivity contribution is 6.33. The largest absolute Gasteiger partial charge is 0.494 e. The summed E-state index contributed by atoms with van der Waals surface area (Å²) in [5.74, 6) is -0.602. The topological polar surface area (TPSA) is 21.3 Å². The molecule has 0 spiro atoms. The van der Waals surface area contributed by atoms with Gasteiger partial charge in [0.1, 0.15) is 11.6 Å². The van der Waals surface area contributed by atoms with Gasteiger partial charge in [-0.1, -0.05) is 30.7 Å². The summed E-state index contributed by atoms with van der Waals surface area (Å²) in [7, 11) is 0. The number of halogens is 3. The highest BCUT2D eigenvalue weighted by Crippen LogP contribution is 2.27. The van der Waals surface area contributed by atoms with Crippen molar-refractivity contribution >= 4 is 17.3 Å². The van der Waals surface area contributed by atoms with E-state index in [0.717, 1.165) is 29.9 Å². The molecule has 0 aliphatic rings. The minimum absolute atomic E-state index is 0.0235. The quantitative estimate of drug-likeness (QED) is 0.809. The molecule has 0 radical (unpaired) electrons. The minimum atomic E-state index is -0.706. The Hall–Kier alpha value is -1.81. The smallest absolute Gasteiger partial charge is 0.150 e. The number of hydrogen-bond donors (Lipinski definition) is 1. The van der Waals surface area contributed by atoms with E-state index in [-0.39, 0.29) is 10.7 Å². The van der Waals surface area contributed by atoms with Crippen LogP contribution in [0.3, 0.4) is 0 Å². The second-order valence-electron chi connectivity index (χ2n) is 4.59. The van der Waals surface area contributed by atoms with E-state index < -0.39 is 11.6 Å². The maximum Gasteiger partial charge on any atom is 0.150 e. The summed E-state index contributed by atoms with van der Waals surface area (Å²) in [6.07, 6.45) is 0.950. The van der Waals surface area contributed by atoms with Gasteiger partial charge in [-0.3, -0.25) is 0 Å². The van der Waals surface area contributed by atoms with Gasteiger partial charge in [0.05, 0.1) is 17.3 Å². The number of benzene rings is 2. The summed E-state index contributed by atoms with van der Waals surface area (Å²) >= 11 is 5.82. The van der Waals surface area contributed by atoms with E-state index in [0.29, 0.717) is 13.2 Å². The van der Waals surface area contributed by atoms with Crippen LogP contribution in [0.4, 0.5) is 14.5 Å². The van der Waals surface area contributed by atoms with E-state index in [4.69, 9.17) is 16.3 Å². The predicted molar refractivity (Wildman–Crippen MR) is 80.9 cm³/mol. The van der Waals surface area contributed by atoms with E-state index in [1.54, 1.807) is 0 Å². The van der Waals surface area contributed by atoms with Gasteiger partial charge >= 0.3 is 0 Å². The highest BCUT2D eigenvalue weighted by Gasteiger charge is 2.09. The molecule has 5 heteroatoms. The molecule has 21 heavy (non-hydrogen) atoms. The van der Waals surface area contributed by atoms with Crippen LogP contribution >= 0.6 is 11.6 Å². The van der Waals surface area contributed by atoms with Crippen molar-refractivity contribution in [3.63, 3.8) is 0 Å². The van der Waals surface area contributed by atoms with Crippen molar-refractivity contribution in [3.8, 4) is 5.75 Å². The van der Waals surface area contributed by atoms with Gasteiger partial charge in [-0.25, -0.2) is 8.78 Å². The molecule has 1 N–H and O–H groups in total. The monoisotopic (exact) mass is 311 g/mol. The first kappa shape index (κ1) is 15.6. The van der Waals surface area contributed by atoms with Crippen molar-refractivity contribution in [2.45, 2.75) is 19.9 Å². The maximum atomic E-state index is 13.6. The molecule has 0 saturated heterocycles. The van der Waals surface area contributed by atoms with Gasteiger partial charge < -0.3 is 10.1 Å². The second-order valence-corrected chi connectivity index (χ2v) is 5.00. The van der Waals surface area contributed by atoms with Crippen molar-refractivity contribution in [1.82, 2.24) is 0 Å². The predicted octanol–water partition coefficient (Wildman–Crippen LogP) is 5.02. The lowest BCUT2D eigenvalue weighted by Gasteiger charge is -2.10. The van der Waals surface area contributed by atoms with Crippen molar-refractivity contribution in [2.75, 3.05) is 11.9 Å². The molecule has 2 aromatic rings. The van der Waals surface area contributed by atoms with Gasteiger partial charge in [0, 0.05) is 12.6 Å². The number of ether oxygens (including phenoxy) is 1. The number of rotatable bonds is 6. The van der Waals surface area contributed by atoms with Crippen LogP contribution < -0.4 is 10.1 Å². The lowest BCUT2D eigenvalue weighted by Crippen LogP contribution is -2.03. The van der Waals surface area contributed by atoms with E-state index in [1.165, 1.54) is 0 Å². The number of anilines is 1. The molecule has 0 aliphatic carbocycles. The van der Waals surface area contributed by atoms with Gasteiger partial charge in [-0.05, 0) is 30.2 Å². The Balaban J connectivity index is 2.00. The van der Waals surface area contributed by atoms with Crippen LogP contribution in [-0.4, -0.2) is 6.61 Å². The van der Waals surface area contributed by atoms with E-state index in [2.05, 4.69) is 5.32 Å². The van der Waals surface area contributed by atoms with E-state index in [1.807, 2.05) is 31.2 Å². The molecule has 2 aromatic carbocycles. The Kier molecular flexibility index (Phi) is 5.39. The first-order chi connectivity index (χ1) is 10.1. The van der Waals surface area contributed by atoms with Crippen molar-refractivity contribution < 1.29 is 13.5 Å². The van der Waals surface area contributed by atoms with Crippen molar-refractivity contribution in [2.24, 2.45) is 0 Å². The Morgan fingerprint density at radius 1 is 1.14 bits per heavy atom. The molecule has 0 bridgehead atoms. The normalized spacial score (nSPS) is 10.5. The molecule has 0 atom stereocenters. The Morgan fingerprint density at radius 3 is 2.48 bits per heavy atom. The lowest BCUT2D eigenvalue weighted by atomic mass is 10.2. The molecule has 0 aromatic heterocycles.